The summed E-state index contributed by atoms with van der Waals surface area (Å²) in [6.07, 6.45) is -4.07. The highest BCUT2D eigenvalue weighted by atomic mass is 19.4. The number of pyridine rings is 1. The fourth-order valence-electron chi connectivity index (χ4n) is 5.17. The van der Waals surface area contributed by atoms with Gasteiger partial charge in [0.1, 0.15) is 12.4 Å². The maximum atomic E-state index is 14.9. The number of nitrogens with two attached hydrogens (primary N) is 1. The standard InChI is InChI=1S/C32H33F6N3O4/c33-25-9-6-20(12-26(25)34)30(19-4-2-1-3-5-19)31(39)28(42)13-21-14-40-16-27(35)24(21)8-7-23-15-41-22(17-44-23)18-45-29(43)10-11-32(36,37)38/h1-6,9,12,14,16,22-23,30-31,41H,7-8,10-11,13,15,17-18,39H2/t22-,23+,30+,31+/m0/s1. The molecule has 4 atom stereocenters. The molecule has 1 fully saturated rings. The lowest BCUT2D eigenvalue weighted by atomic mass is 9.82. The van der Waals surface area contributed by atoms with Gasteiger partial charge in [0.05, 0.1) is 43.8 Å². The fraction of sp³-hybridized carbons (Fsp3) is 0.406. The molecule has 0 saturated carbocycles. The number of carbonyl (C=O) groups is 2. The third kappa shape index (κ3) is 9.84. The average Bonchev–Trinajstić information content (AvgIpc) is 3.01. The lowest BCUT2D eigenvalue weighted by molar-refractivity contribution is -0.158. The summed E-state index contributed by atoms with van der Waals surface area (Å²) in [4.78, 5) is 28.9. The molecule has 0 aliphatic carbocycles. The number of ether oxygens (including phenoxy) is 2. The van der Waals surface area contributed by atoms with Crippen LogP contribution in [0.15, 0.2) is 60.9 Å². The van der Waals surface area contributed by atoms with Crippen LogP contribution in [0.2, 0.25) is 0 Å². The molecule has 0 unspecified atom stereocenters. The van der Waals surface area contributed by atoms with Crippen LogP contribution in [-0.4, -0.2) is 60.9 Å². The molecule has 242 valence electrons. The summed E-state index contributed by atoms with van der Waals surface area (Å²) in [6, 6.07) is 10.5. The summed E-state index contributed by atoms with van der Waals surface area (Å²) in [6.45, 7) is 0.300. The molecule has 7 nitrogen and oxygen atoms in total. The van der Waals surface area contributed by atoms with E-state index in [4.69, 9.17) is 15.2 Å². The zero-order valence-corrected chi connectivity index (χ0v) is 24.2. The van der Waals surface area contributed by atoms with Crippen molar-refractivity contribution in [2.45, 2.75) is 62.4 Å². The summed E-state index contributed by atoms with van der Waals surface area (Å²) >= 11 is 0. The Labute approximate surface area is 256 Å². The van der Waals surface area contributed by atoms with Gasteiger partial charge in [0.2, 0.25) is 0 Å². The quantitative estimate of drug-likeness (QED) is 0.202. The zero-order chi connectivity index (χ0) is 32.6. The minimum absolute atomic E-state index is 0.126. The lowest BCUT2D eigenvalue weighted by Gasteiger charge is -2.30. The maximum absolute atomic E-state index is 14.9. The first kappa shape index (κ1) is 34.1. The van der Waals surface area contributed by atoms with Crippen LogP contribution in [0.4, 0.5) is 26.3 Å². The van der Waals surface area contributed by atoms with Gasteiger partial charge in [-0.1, -0.05) is 36.4 Å². The second kappa shape index (κ2) is 15.5. The Morgan fingerprint density at radius 3 is 2.44 bits per heavy atom. The molecule has 45 heavy (non-hydrogen) atoms. The van der Waals surface area contributed by atoms with Crippen molar-refractivity contribution in [1.29, 1.82) is 0 Å². The topological polar surface area (TPSA) is 104 Å². The summed E-state index contributed by atoms with van der Waals surface area (Å²) in [7, 11) is 0. The largest absolute Gasteiger partial charge is 0.464 e. The number of nitrogens with zero attached hydrogens (tertiary/aromatic N) is 1. The minimum Gasteiger partial charge on any atom is -0.464 e. The van der Waals surface area contributed by atoms with E-state index in [1.54, 1.807) is 30.3 Å². The number of carbonyl (C=O) groups excluding carboxylic acids is 2. The number of nitrogens with one attached hydrogen (secondary N) is 1. The summed E-state index contributed by atoms with van der Waals surface area (Å²) < 4.78 is 90.2. The Hall–Kier alpha value is -3.81. The van der Waals surface area contributed by atoms with Crippen LogP contribution in [0.1, 0.15) is 47.4 Å². The van der Waals surface area contributed by atoms with Gasteiger partial charge in [-0.15, -0.1) is 0 Å². The van der Waals surface area contributed by atoms with Crippen LogP contribution in [0.3, 0.4) is 0 Å². The molecule has 0 spiro atoms. The molecule has 1 aromatic heterocycles. The van der Waals surface area contributed by atoms with E-state index >= 15 is 0 Å². The van der Waals surface area contributed by atoms with Gasteiger partial charge in [0, 0.05) is 25.1 Å². The third-order valence-electron chi connectivity index (χ3n) is 7.59. The fourth-order valence-corrected chi connectivity index (χ4v) is 5.17. The summed E-state index contributed by atoms with van der Waals surface area (Å²) in [5.41, 5.74) is 7.98. The van der Waals surface area contributed by atoms with Gasteiger partial charge in [-0.2, -0.15) is 13.2 Å². The van der Waals surface area contributed by atoms with Crippen molar-refractivity contribution in [3.63, 3.8) is 0 Å². The van der Waals surface area contributed by atoms with E-state index in [1.807, 2.05) is 0 Å². The number of esters is 1. The predicted octanol–water partition coefficient (Wildman–Crippen LogP) is 4.95. The summed E-state index contributed by atoms with van der Waals surface area (Å²) in [5, 5.41) is 3.11. The second-order valence-corrected chi connectivity index (χ2v) is 10.9. The molecular weight excluding hydrogens is 604 g/mol. The Balaban J connectivity index is 1.36. The maximum Gasteiger partial charge on any atom is 0.389 e. The molecule has 3 N–H and O–H groups in total. The monoisotopic (exact) mass is 637 g/mol. The van der Waals surface area contributed by atoms with Crippen LogP contribution in [0.5, 0.6) is 0 Å². The zero-order valence-electron chi connectivity index (χ0n) is 24.2. The molecular formula is C32H33F6N3O4. The highest BCUT2D eigenvalue weighted by molar-refractivity contribution is 5.87. The van der Waals surface area contributed by atoms with Crippen molar-refractivity contribution in [1.82, 2.24) is 10.3 Å². The van der Waals surface area contributed by atoms with Crippen molar-refractivity contribution in [2.24, 2.45) is 5.73 Å². The van der Waals surface area contributed by atoms with Crippen molar-refractivity contribution in [3.8, 4) is 0 Å². The van der Waals surface area contributed by atoms with E-state index < -0.39 is 66.2 Å². The Kier molecular flexibility index (Phi) is 11.7. The highest BCUT2D eigenvalue weighted by Crippen LogP contribution is 2.30. The Bertz CT molecular complexity index is 1450. The number of Topliss-reactive ketones (excluding diaryl/α,β-unsaturated/α-hetero) is 1. The van der Waals surface area contributed by atoms with Gasteiger partial charge in [-0.25, -0.2) is 13.2 Å². The highest BCUT2D eigenvalue weighted by Gasteiger charge is 2.31. The smallest absolute Gasteiger partial charge is 0.389 e. The first-order valence-corrected chi connectivity index (χ1v) is 14.4. The Morgan fingerprint density at radius 1 is 1.02 bits per heavy atom. The molecule has 1 saturated heterocycles. The number of morpholine rings is 1. The molecule has 0 radical (unpaired) electrons. The number of ketones is 1. The molecule has 3 aromatic rings. The molecule has 2 heterocycles. The van der Waals surface area contributed by atoms with Gasteiger partial charge < -0.3 is 20.5 Å². The molecule has 0 amide bonds. The number of halogens is 6. The van der Waals surface area contributed by atoms with Crippen molar-refractivity contribution < 1.29 is 45.4 Å². The number of aromatic nitrogens is 1. The van der Waals surface area contributed by atoms with E-state index in [9.17, 15) is 35.9 Å². The SMILES string of the molecule is N[C@H](C(=O)Cc1cncc(F)c1CC[C@@H]1CN[C@H](COC(=O)CCC(F)(F)F)CO1)[C@H](c1ccccc1)c1ccc(F)c(F)c1. The van der Waals surface area contributed by atoms with Gasteiger partial charge in [0.25, 0.3) is 0 Å². The van der Waals surface area contributed by atoms with Crippen LogP contribution in [0.25, 0.3) is 0 Å². The third-order valence-corrected chi connectivity index (χ3v) is 7.59. The number of benzene rings is 2. The van der Waals surface area contributed by atoms with E-state index in [0.29, 0.717) is 29.7 Å². The summed E-state index contributed by atoms with van der Waals surface area (Å²) in [5.74, 6) is -4.91. The molecule has 1 aliphatic rings. The van der Waals surface area contributed by atoms with Crippen molar-refractivity contribution >= 4 is 11.8 Å². The van der Waals surface area contributed by atoms with Gasteiger partial charge >= 0.3 is 12.1 Å². The number of hydrogen-bond acceptors (Lipinski definition) is 7. The second-order valence-electron chi connectivity index (χ2n) is 10.9. The number of rotatable bonds is 13. The van der Waals surface area contributed by atoms with Gasteiger partial charge in [0.15, 0.2) is 17.4 Å². The molecule has 4 rings (SSSR count). The molecule has 2 aromatic carbocycles. The van der Waals surface area contributed by atoms with Gasteiger partial charge in [-0.05, 0) is 47.2 Å². The molecule has 0 bridgehead atoms. The van der Waals surface area contributed by atoms with Gasteiger partial charge in [-0.3, -0.25) is 14.6 Å². The number of alkyl halides is 3. The average molecular weight is 638 g/mol. The van der Waals surface area contributed by atoms with E-state index in [-0.39, 0.29) is 37.7 Å². The van der Waals surface area contributed by atoms with E-state index in [2.05, 4.69) is 10.3 Å². The van der Waals surface area contributed by atoms with Crippen molar-refractivity contribution in [2.75, 3.05) is 19.8 Å². The number of hydrogen-bond donors (Lipinski definition) is 2. The van der Waals surface area contributed by atoms with Crippen LogP contribution in [-0.2, 0) is 31.9 Å². The van der Waals surface area contributed by atoms with E-state index in [0.717, 1.165) is 18.3 Å². The first-order chi connectivity index (χ1) is 21.4. The van der Waals surface area contributed by atoms with Crippen LogP contribution < -0.4 is 11.1 Å². The Morgan fingerprint density at radius 2 is 1.78 bits per heavy atom. The predicted molar refractivity (Wildman–Crippen MR) is 152 cm³/mol. The lowest BCUT2D eigenvalue weighted by Crippen LogP contribution is -2.49. The van der Waals surface area contributed by atoms with E-state index in [1.165, 1.54) is 12.3 Å². The molecule has 13 heteroatoms. The molecule has 1 aliphatic heterocycles. The van der Waals surface area contributed by atoms with Crippen molar-refractivity contribution in [3.05, 3.63) is 101 Å². The van der Waals surface area contributed by atoms with Crippen LogP contribution >= 0.6 is 0 Å². The normalized spacial score (nSPS) is 18.3. The first-order valence-electron chi connectivity index (χ1n) is 14.4. The minimum atomic E-state index is -4.44. The van der Waals surface area contributed by atoms with Crippen LogP contribution in [0, 0.1) is 17.5 Å².